The first-order valence-corrected chi connectivity index (χ1v) is 10.3. The van der Waals surface area contributed by atoms with E-state index in [2.05, 4.69) is 20.9 Å². The van der Waals surface area contributed by atoms with Crippen LogP contribution in [0.25, 0.3) is 0 Å². The van der Waals surface area contributed by atoms with E-state index in [0.29, 0.717) is 31.7 Å². The number of pyridine rings is 1. The van der Waals surface area contributed by atoms with Crippen molar-refractivity contribution in [3.8, 4) is 0 Å². The van der Waals surface area contributed by atoms with Crippen LogP contribution in [0.5, 0.6) is 0 Å². The lowest BCUT2D eigenvalue weighted by Crippen LogP contribution is -2.49. The van der Waals surface area contributed by atoms with Gasteiger partial charge in [-0.1, -0.05) is 12.1 Å². The Hall–Kier alpha value is -2.04. The van der Waals surface area contributed by atoms with Gasteiger partial charge in [-0.05, 0) is 33.6 Å². The maximum absolute atomic E-state index is 12.6. The van der Waals surface area contributed by atoms with Gasteiger partial charge < -0.3 is 4.90 Å². The van der Waals surface area contributed by atoms with Crippen molar-refractivity contribution in [2.45, 2.75) is 5.75 Å². The van der Waals surface area contributed by atoms with E-state index in [1.807, 2.05) is 17.0 Å². The van der Waals surface area contributed by atoms with Gasteiger partial charge in [-0.3, -0.25) is 10.1 Å². The number of aromatic nitrogens is 1. The van der Waals surface area contributed by atoms with Crippen LogP contribution in [0.1, 0.15) is 5.56 Å². The van der Waals surface area contributed by atoms with E-state index in [4.69, 9.17) is 0 Å². The van der Waals surface area contributed by atoms with Gasteiger partial charge in [-0.25, -0.2) is 13.4 Å². The second-order valence-corrected chi connectivity index (χ2v) is 8.79. The van der Waals surface area contributed by atoms with Crippen LogP contribution in [0.4, 0.5) is 11.5 Å². The minimum Gasteiger partial charge on any atom is -0.354 e. The molecule has 0 atom stereocenters. The second-order valence-electron chi connectivity index (χ2n) is 5.90. The smallest absolute Gasteiger partial charge is 0.269 e. The highest BCUT2D eigenvalue weighted by atomic mass is 79.9. The fourth-order valence-electron chi connectivity index (χ4n) is 2.77. The van der Waals surface area contributed by atoms with Gasteiger partial charge in [0, 0.05) is 49.0 Å². The Bertz CT molecular complexity index is 879. The quantitative estimate of drug-likeness (QED) is 0.522. The molecule has 0 N–H and O–H groups in total. The van der Waals surface area contributed by atoms with E-state index in [9.17, 15) is 18.5 Å². The minimum absolute atomic E-state index is 0.0539. The molecule has 3 rings (SSSR count). The van der Waals surface area contributed by atoms with Crippen molar-refractivity contribution in [2.75, 3.05) is 31.1 Å². The highest BCUT2D eigenvalue weighted by Gasteiger charge is 2.27. The Kier molecular flexibility index (Phi) is 5.54. The first kappa shape index (κ1) is 18.7. The average Bonchev–Trinajstić information content (AvgIpc) is 2.62. The molecule has 0 bridgehead atoms. The van der Waals surface area contributed by atoms with Crippen LogP contribution in [-0.2, 0) is 15.8 Å². The molecular weight excluding hydrogens is 424 g/mol. The largest absolute Gasteiger partial charge is 0.354 e. The van der Waals surface area contributed by atoms with Crippen LogP contribution < -0.4 is 4.90 Å². The zero-order chi connectivity index (χ0) is 18.7. The van der Waals surface area contributed by atoms with Crippen molar-refractivity contribution in [1.82, 2.24) is 9.29 Å². The normalized spacial score (nSPS) is 15.8. The van der Waals surface area contributed by atoms with Crippen LogP contribution in [0.15, 0.2) is 47.1 Å². The molecule has 26 heavy (non-hydrogen) atoms. The monoisotopic (exact) mass is 440 g/mol. The molecule has 1 aliphatic rings. The second kappa shape index (κ2) is 7.68. The number of hydrogen-bond donors (Lipinski definition) is 0. The highest BCUT2D eigenvalue weighted by Crippen LogP contribution is 2.20. The summed E-state index contributed by atoms with van der Waals surface area (Å²) in [6.45, 7) is 1.89. The van der Waals surface area contributed by atoms with Crippen LogP contribution in [0.2, 0.25) is 0 Å². The number of halogens is 1. The van der Waals surface area contributed by atoms with Gasteiger partial charge in [0.1, 0.15) is 5.82 Å². The van der Waals surface area contributed by atoms with E-state index < -0.39 is 14.9 Å². The van der Waals surface area contributed by atoms with Crippen molar-refractivity contribution in [3.63, 3.8) is 0 Å². The van der Waals surface area contributed by atoms with Gasteiger partial charge in [0.2, 0.25) is 10.0 Å². The van der Waals surface area contributed by atoms with Crippen LogP contribution >= 0.6 is 15.9 Å². The summed E-state index contributed by atoms with van der Waals surface area (Å²) < 4.78 is 27.6. The molecule has 0 spiro atoms. The van der Waals surface area contributed by atoms with Crippen molar-refractivity contribution in [1.29, 1.82) is 0 Å². The number of piperazine rings is 1. The van der Waals surface area contributed by atoms with Crippen LogP contribution in [0, 0.1) is 10.1 Å². The average molecular weight is 441 g/mol. The van der Waals surface area contributed by atoms with E-state index >= 15 is 0 Å². The van der Waals surface area contributed by atoms with Gasteiger partial charge in [-0.2, -0.15) is 4.31 Å². The van der Waals surface area contributed by atoms with Gasteiger partial charge in [0.25, 0.3) is 5.69 Å². The number of hydrogen-bond acceptors (Lipinski definition) is 6. The molecule has 0 amide bonds. The molecule has 0 radical (unpaired) electrons. The number of sulfonamides is 1. The lowest BCUT2D eigenvalue weighted by molar-refractivity contribution is -0.384. The fraction of sp³-hybridized carbons (Fsp3) is 0.312. The third kappa shape index (κ3) is 4.37. The predicted octanol–water partition coefficient (Wildman–Crippen LogP) is 2.40. The minimum atomic E-state index is -3.47. The molecule has 1 fully saturated rings. The molecule has 1 aromatic carbocycles. The SMILES string of the molecule is O=[N+]([O-])c1ccc(CS(=O)(=O)N2CCN(c3ccc(Br)cn3)CC2)cc1. The molecule has 1 aliphatic heterocycles. The lowest BCUT2D eigenvalue weighted by Gasteiger charge is -2.34. The molecule has 138 valence electrons. The van der Waals surface area contributed by atoms with Gasteiger partial charge >= 0.3 is 0 Å². The number of benzene rings is 1. The van der Waals surface area contributed by atoms with Crippen molar-refractivity contribution < 1.29 is 13.3 Å². The van der Waals surface area contributed by atoms with Crippen LogP contribution in [0.3, 0.4) is 0 Å². The Labute approximate surface area is 159 Å². The number of nitro groups is 1. The van der Waals surface area contributed by atoms with E-state index in [1.165, 1.54) is 28.6 Å². The topological polar surface area (TPSA) is 96.6 Å². The number of nitrogens with zero attached hydrogens (tertiary/aromatic N) is 4. The predicted molar refractivity (Wildman–Crippen MR) is 101 cm³/mol. The number of anilines is 1. The van der Waals surface area contributed by atoms with E-state index in [0.717, 1.165) is 10.3 Å². The Morgan fingerprint density at radius 2 is 1.73 bits per heavy atom. The molecule has 0 aliphatic carbocycles. The zero-order valence-electron chi connectivity index (χ0n) is 13.8. The summed E-state index contributed by atoms with van der Waals surface area (Å²) in [6.07, 6.45) is 1.72. The Balaban J connectivity index is 1.62. The summed E-state index contributed by atoms with van der Waals surface area (Å²) in [6, 6.07) is 9.41. The molecule has 0 saturated carbocycles. The van der Waals surface area contributed by atoms with Gasteiger partial charge in [0.05, 0.1) is 10.7 Å². The summed E-state index contributed by atoms with van der Waals surface area (Å²) in [7, 11) is -3.47. The third-order valence-electron chi connectivity index (χ3n) is 4.16. The Morgan fingerprint density at radius 3 is 2.27 bits per heavy atom. The summed E-state index contributed by atoms with van der Waals surface area (Å²) >= 11 is 3.34. The highest BCUT2D eigenvalue weighted by molar-refractivity contribution is 9.10. The summed E-state index contributed by atoms with van der Waals surface area (Å²) in [5, 5.41) is 10.7. The van der Waals surface area contributed by atoms with Gasteiger partial charge in [0.15, 0.2) is 0 Å². The van der Waals surface area contributed by atoms with Crippen molar-refractivity contribution in [2.24, 2.45) is 0 Å². The molecule has 2 heterocycles. The third-order valence-corrected chi connectivity index (χ3v) is 6.48. The Morgan fingerprint density at radius 1 is 1.08 bits per heavy atom. The molecule has 0 unspecified atom stereocenters. The zero-order valence-corrected chi connectivity index (χ0v) is 16.2. The first-order valence-electron chi connectivity index (χ1n) is 7.93. The first-order chi connectivity index (χ1) is 12.3. The van der Waals surface area contributed by atoms with E-state index in [1.54, 1.807) is 6.20 Å². The van der Waals surface area contributed by atoms with Crippen molar-refractivity contribution >= 4 is 37.5 Å². The summed E-state index contributed by atoms with van der Waals surface area (Å²) in [5.41, 5.74) is 0.481. The molecule has 2 aromatic rings. The number of rotatable bonds is 5. The molecule has 1 aromatic heterocycles. The number of non-ortho nitro benzene ring substituents is 1. The van der Waals surface area contributed by atoms with Gasteiger partial charge in [-0.15, -0.1) is 0 Å². The molecule has 8 nitrogen and oxygen atoms in total. The standard InChI is InChI=1S/C16H17BrN4O4S/c17-14-3-6-16(18-11-14)19-7-9-20(10-8-19)26(24,25)12-13-1-4-15(5-2-13)21(22)23/h1-6,11H,7-10,12H2. The van der Waals surface area contributed by atoms with Crippen LogP contribution in [-0.4, -0.2) is 48.8 Å². The van der Waals surface area contributed by atoms with Crippen molar-refractivity contribution in [3.05, 3.63) is 62.7 Å². The molecule has 1 saturated heterocycles. The molecular formula is C16H17BrN4O4S. The lowest BCUT2D eigenvalue weighted by atomic mass is 10.2. The number of nitro benzene ring substituents is 1. The maximum Gasteiger partial charge on any atom is 0.269 e. The molecule has 10 heteroatoms. The summed E-state index contributed by atoms with van der Waals surface area (Å²) in [5.74, 6) is 0.655. The fourth-order valence-corrected chi connectivity index (χ4v) is 4.52. The van der Waals surface area contributed by atoms with E-state index in [-0.39, 0.29) is 11.4 Å². The maximum atomic E-state index is 12.6. The summed E-state index contributed by atoms with van der Waals surface area (Å²) in [4.78, 5) is 16.6.